The lowest BCUT2D eigenvalue weighted by Crippen LogP contribution is -2.46. The third-order valence-corrected chi connectivity index (χ3v) is 4.93. The van der Waals surface area contributed by atoms with Crippen molar-refractivity contribution in [1.29, 1.82) is 0 Å². The zero-order chi connectivity index (χ0) is 12.1. The maximum absolute atomic E-state index is 9.60. The summed E-state index contributed by atoms with van der Waals surface area (Å²) in [6.07, 6.45) is 12.1. The van der Waals surface area contributed by atoms with Crippen LogP contribution in [0.4, 0.5) is 0 Å². The van der Waals surface area contributed by atoms with E-state index in [1.807, 2.05) is 0 Å². The smallest absolute Gasteiger partial charge is 0.0586 e. The molecule has 2 fully saturated rings. The molecule has 2 aliphatic rings. The van der Waals surface area contributed by atoms with Crippen LogP contribution in [0, 0.1) is 5.92 Å². The minimum absolute atomic E-state index is 0.368. The van der Waals surface area contributed by atoms with Crippen LogP contribution in [0.2, 0.25) is 0 Å². The molecular weight excluding hydrogens is 210 g/mol. The predicted molar refractivity (Wildman–Crippen MR) is 72.1 cm³/mol. The molecular formula is C15H29NO. The van der Waals surface area contributed by atoms with E-state index in [-0.39, 0.29) is 0 Å². The molecule has 3 atom stereocenters. The SMILES string of the molecule is CCC1CCCC(N2CCCCCC2CO)C1. The maximum Gasteiger partial charge on any atom is 0.0586 e. The Hall–Kier alpha value is -0.0800. The first-order valence-corrected chi connectivity index (χ1v) is 7.71. The molecule has 1 aliphatic heterocycles. The molecule has 2 rings (SSSR count). The number of likely N-dealkylation sites (tertiary alicyclic amines) is 1. The van der Waals surface area contributed by atoms with Gasteiger partial charge in [0.25, 0.3) is 0 Å². The second-order valence-electron chi connectivity index (χ2n) is 6.02. The van der Waals surface area contributed by atoms with Crippen LogP contribution in [-0.4, -0.2) is 35.2 Å². The molecule has 1 saturated heterocycles. The van der Waals surface area contributed by atoms with Gasteiger partial charge in [-0.25, -0.2) is 0 Å². The molecule has 0 aromatic heterocycles. The van der Waals surface area contributed by atoms with Crippen molar-refractivity contribution >= 4 is 0 Å². The first-order chi connectivity index (χ1) is 8.35. The minimum atomic E-state index is 0.368. The van der Waals surface area contributed by atoms with Gasteiger partial charge in [0.1, 0.15) is 0 Å². The van der Waals surface area contributed by atoms with E-state index in [1.54, 1.807) is 0 Å². The topological polar surface area (TPSA) is 23.5 Å². The fourth-order valence-corrected chi connectivity index (χ4v) is 3.81. The molecule has 0 aromatic carbocycles. The highest BCUT2D eigenvalue weighted by Gasteiger charge is 2.30. The van der Waals surface area contributed by atoms with Crippen molar-refractivity contribution in [3.05, 3.63) is 0 Å². The summed E-state index contributed by atoms with van der Waals surface area (Å²) in [4.78, 5) is 2.66. The van der Waals surface area contributed by atoms with Gasteiger partial charge in [0.2, 0.25) is 0 Å². The van der Waals surface area contributed by atoms with Crippen molar-refractivity contribution in [1.82, 2.24) is 4.90 Å². The number of aliphatic hydroxyl groups excluding tert-OH is 1. The van der Waals surface area contributed by atoms with E-state index in [0.29, 0.717) is 12.6 Å². The summed E-state index contributed by atoms with van der Waals surface area (Å²) in [5, 5.41) is 9.60. The molecule has 0 radical (unpaired) electrons. The van der Waals surface area contributed by atoms with E-state index in [2.05, 4.69) is 11.8 Å². The second kappa shape index (κ2) is 6.75. The molecule has 1 saturated carbocycles. The number of rotatable bonds is 3. The molecule has 17 heavy (non-hydrogen) atoms. The zero-order valence-electron chi connectivity index (χ0n) is 11.4. The van der Waals surface area contributed by atoms with E-state index in [1.165, 1.54) is 64.3 Å². The Labute approximate surface area is 106 Å². The number of hydrogen-bond donors (Lipinski definition) is 1. The van der Waals surface area contributed by atoms with E-state index in [4.69, 9.17) is 0 Å². The number of hydrogen-bond acceptors (Lipinski definition) is 2. The third kappa shape index (κ3) is 3.45. The lowest BCUT2D eigenvalue weighted by molar-refractivity contribution is 0.0543. The van der Waals surface area contributed by atoms with Gasteiger partial charge in [0, 0.05) is 12.1 Å². The van der Waals surface area contributed by atoms with Gasteiger partial charge in [-0.05, 0) is 38.1 Å². The Morgan fingerprint density at radius 3 is 2.71 bits per heavy atom. The van der Waals surface area contributed by atoms with Crippen LogP contribution >= 0.6 is 0 Å². The van der Waals surface area contributed by atoms with Crippen molar-refractivity contribution in [2.24, 2.45) is 5.92 Å². The average Bonchev–Trinajstić information content (AvgIpc) is 2.63. The third-order valence-electron chi connectivity index (χ3n) is 4.93. The van der Waals surface area contributed by atoms with E-state index in [0.717, 1.165) is 12.0 Å². The highest BCUT2D eigenvalue weighted by atomic mass is 16.3. The molecule has 1 heterocycles. The van der Waals surface area contributed by atoms with Crippen LogP contribution in [0.15, 0.2) is 0 Å². The fraction of sp³-hybridized carbons (Fsp3) is 1.00. The average molecular weight is 239 g/mol. The van der Waals surface area contributed by atoms with Gasteiger partial charge < -0.3 is 5.11 Å². The van der Waals surface area contributed by atoms with Crippen LogP contribution in [0.3, 0.4) is 0 Å². The molecule has 2 nitrogen and oxygen atoms in total. The normalized spacial score (nSPS) is 36.7. The summed E-state index contributed by atoms with van der Waals surface area (Å²) in [5.41, 5.74) is 0. The van der Waals surface area contributed by atoms with Gasteiger partial charge >= 0.3 is 0 Å². The summed E-state index contributed by atoms with van der Waals surface area (Å²) in [5.74, 6) is 0.941. The molecule has 2 heteroatoms. The number of nitrogens with zero attached hydrogens (tertiary/aromatic N) is 1. The zero-order valence-corrected chi connectivity index (χ0v) is 11.4. The molecule has 3 unspecified atom stereocenters. The molecule has 0 bridgehead atoms. The summed E-state index contributed by atoms with van der Waals surface area (Å²) in [6, 6.07) is 1.22. The quantitative estimate of drug-likeness (QED) is 0.817. The summed E-state index contributed by atoms with van der Waals surface area (Å²) >= 11 is 0. The van der Waals surface area contributed by atoms with E-state index >= 15 is 0 Å². The standard InChI is InChI=1S/C15H29NO/c1-2-13-7-6-9-14(11-13)16-10-5-3-4-8-15(16)12-17/h13-15,17H,2-12H2,1H3. The van der Waals surface area contributed by atoms with Crippen molar-refractivity contribution in [3.8, 4) is 0 Å². The van der Waals surface area contributed by atoms with Crippen LogP contribution < -0.4 is 0 Å². The molecule has 0 spiro atoms. The van der Waals surface area contributed by atoms with Crippen molar-refractivity contribution in [2.75, 3.05) is 13.2 Å². The maximum atomic E-state index is 9.60. The fourth-order valence-electron chi connectivity index (χ4n) is 3.81. The van der Waals surface area contributed by atoms with Crippen LogP contribution in [0.5, 0.6) is 0 Å². The van der Waals surface area contributed by atoms with Crippen LogP contribution in [0.25, 0.3) is 0 Å². The molecule has 1 N–H and O–H groups in total. The van der Waals surface area contributed by atoms with Crippen LogP contribution in [0.1, 0.15) is 64.7 Å². The summed E-state index contributed by atoms with van der Waals surface area (Å²) < 4.78 is 0. The van der Waals surface area contributed by atoms with E-state index in [9.17, 15) is 5.11 Å². The monoisotopic (exact) mass is 239 g/mol. The Morgan fingerprint density at radius 1 is 1.06 bits per heavy atom. The summed E-state index contributed by atoms with van der Waals surface area (Å²) in [7, 11) is 0. The molecule has 1 aliphatic carbocycles. The first kappa shape index (κ1) is 13.4. The van der Waals surface area contributed by atoms with Crippen molar-refractivity contribution in [3.63, 3.8) is 0 Å². The second-order valence-corrected chi connectivity index (χ2v) is 6.02. The number of aliphatic hydroxyl groups is 1. The van der Waals surface area contributed by atoms with Gasteiger partial charge in [0.05, 0.1) is 6.61 Å². The minimum Gasteiger partial charge on any atom is -0.395 e. The van der Waals surface area contributed by atoms with Gasteiger partial charge in [0.15, 0.2) is 0 Å². The van der Waals surface area contributed by atoms with Crippen LogP contribution in [-0.2, 0) is 0 Å². The van der Waals surface area contributed by atoms with Gasteiger partial charge in [-0.1, -0.05) is 39.0 Å². The first-order valence-electron chi connectivity index (χ1n) is 7.71. The lowest BCUT2D eigenvalue weighted by atomic mass is 9.83. The highest BCUT2D eigenvalue weighted by molar-refractivity contribution is 4.85. The Kier molecular flexibility index (Phi) is 5.30. The molecule has 100 valence electrons. The van der Waals surface area contributed by atoms with Gasteiger partial charge in [-0.15, -0.1) is 0 Å². The lowest BCUT2D eigenvalue weighted by Gasteiger charge is -2.40. The highest BCUT2D eigenvalue weighted by Crippen LogP contribution is 2.32. The van der Waals surface area contributed by atoms with E-state index < -0.39 is 0 Å². The van der Waals surface area contributed by atoms with Crippen molar-refractivity contribution in [2.45, 2.75) is 76.8 Å². The van der Waals surface area contributed by atoms with Crippen molar-refractivity contribution < 1.29 is 5.11 Å². The summed E-state index contributed by atoms with van der Waals surface area (Å²) in [6.45, 7) is 3.93. The largest absolute Gasteiger partial charge is 0.395 e. The van der Waals surface area contributed by atoms with Gasteiger partial charge in [-0.3, -0.25) is 4.90 Å². The Bertz CT molecular complexity index is 219. The Morgan fingerprint density at radius 2 is 1.94 bits per heavy atom. The molecule has 0 aromatic rings. The van der Waals surface area contributed by atoms with Gasteiger partial charge in [-0.2, -0.15) is 0 Å². The molecule has 0 amide bonds. The Balaban J connectivity index is 1.96. The predicted octanol–water partition coefficient (Wildman–Crippen LogP) is 3.19.